The molecule has 0 heterocycles. The minimum atomic E-state index is -0.635. The highest BCUT2D eigenvalue weighted by Gasteiger charge is 2.04. The Bertz CT molecular complexity index is 440. The van der Waals surface area contributed by atoms with Crippen LogP contribution in [0.5, 0.6) is 0 Å². The first-order valence-electron chi connectivity index (χ1n) is 6.28. The highest BCUT2D eigenvalue weighted by molar-refractivity contribution is 5.95. The zero-order chi connectivity index (χ0) is 14.8. The van der Waals surface area contributed by atoms with Gasteiger partial charge in [0.05, 0.1) is 6.61 Å². The predicted octanol–water partition coefficient (Wildman–Crippen LogP) is 0.565. The number of hydrogen-bond acceptors (Lipinski definition) is 4. The molecule has 0 radical (unpaired) electrons. The van der Waals surface area contributed by atoms with Gasteiger partial charge < -0.3 is 26.4 Å². The lowest BCUT2D eigenvalue weighted by Gasteiger charge is -2.07. The molecule has 0 saturated carbocycles. The molecule has 7 nitrogen and oxygen atoms in total. The van der Waals surface area contributed by atoms with Gasteiger partial charge in [0.25, 0.3) is 5.91 Å². The highest BCUT2D eigenvalue weighted by Crippen LogP contribution is 2.08. The number of hydrogen-bond donors (Lipinski definition) is 4. The van der Waals surface area contributed by atoms with Crippen LogP contribution in [0.25, 0.3) is 0 Å². The molecule has 0 spiro atoms. The van der Waals surface area contributed by atoms with Crippen LogP contribution in [0.4, 0.5) is 10.5 Å². The second-order valence-corrected chi connectivity index (χ2v) is 4.07. The van der Waals surface area contributed by atoms with Gasteiger partial charge in [0.2, 0.25) is 0 Å². The van der Waals surface area contributed by atoms with Crippen molar-refractivity contribution >= 4 is 30.0 Å². The first-order valence-corrected chi connectivity index (χ1v) is 6.28. The van der Waals surface area contributed by atoms with Crippen LogP contribution in [-0.4, -0.2) is 45.3 Å². The van der Waals surface area contributed by atoms with Crippen molar-refractivity contribution in [1.82, 2.24) is 10.6 Å². The summed E-state index contributed by atoms with van der Waals surface area (Å²) in [6.45, 7) is 2.60. The van der Waals surface area contributed by atoms with Crippen molar-refractivity contribution in [2.75, 3.05) is 38.7 Å². The maximum absolute atomic E-state index is 11.8. The van der Waals surface area contributed by atoms with E-state index >= 15 is 0 Å². The molecule has 0 aliphatic carbocycles. The number of primary amides is 1. The second kappa shape index (κ2) is 10.9. The van der Waals surface area contributed by atoms with Crippen LogP contribution in [0.1, 0.15) is 10.4 Å². The Balaban J connectivity index is 0.00000400. The van der Waals surface area contributed by atoms with Gasteiger partial charge in [-0.2, -0.15) is 0 Å². The van der Waals surface area contributed by atoms with Crippen LogP contribution in [0.15, 0.2) is 24.3 Å². The molecule has 118 valence electrons. The Hall–Kier alpha value is -1.83. The highest BCUT2D eigenvalue weighted by atomic mass is 35.5. The molecule has 0 atom stereocenters. The number of nitrogens with two attached hydrogens (primary N) is 1. The molecular formula is C13H21ClN4O3. The topological polar surface area (TPSA) is 105 Å². The van der Waals surface area contributed by atoms with E-state index in [-0.39, 0.29) is 18.3 Å². The van der Waals surface area contributed by atoms with Crippen molar-refractivity contribution in [2.24, 2.45) is 5.73 Å². The number of amides is 3. The van der Waals surface area contributed by atoms with Crippen LogP contribution >= 0.6 is 12.4 Å². The molecule has 0 saturated heterocycles. The third-order valence-electron chi connectivity index (χ3n) is 2.48. The molecule has 0 bridgehead atoms. The second-order valence-electron chi connectivity index (χ2n) is 4.07. The third-order valence-corrected chi connectivity index (χ3v) is 2.48. The van der Waals surface area contributed by atoms with E-state index in [2.05, 4.69) is 16.0 Å². The lowest BCUT2D eigenvalue weighted by Crippen LogP contribution is -2.33. The van der Waals surface area contributed by atoms with E-state index in [4.69, 9.17) is 10.5 Å². The standard InChI is InChI=1S/C13H20N4O3.ClH/c1-20-9-8-15-6-7-16-12(18)10-2-4-11(5-3-10)17-13(14)19;/h2-5,15H,6-9H2,1H3,(H,16,18)(H3,14,17,19);1H. The van der Waals surface area contributed by atoms with Gasteiger partial charge >= 0.3 is 6.03 Å². The molecule has 0 aromatic heterocycles. The fourth-order valence-electron chi connectivity index (χ4n) is 1.51. The molecule has 5 N–H and O–H groups in total. The average molecular weight is 317 g/mol. The van der Waals surface area contributed by atoms with E-state index in [1.54, 1.807) is 31.4 Å². The Labute approximate surface area is 130 Å². The minimum Gasteiger partial charge on any atom is -0.383 e. The van der Waals surface area contributed by atoms with E-state index in [9.17, 15) is 9.59 Å². The molecule has 0 aliphatic rings. The van der Waals surface area contributed by atoms with Crippen molar-refractivity contribution in [1.29, 1.82) is 0 Å². The van der Waals surface area contributed by atoms with Gasteiger partial charge in [-0.05, 0) is 24.3 Å². The molecule has 1 aromatic carbocycles. The van der Waals surface area contributed by atoms with Crippen molar-refractivity contribution in [3.8, 4) is 0 Å². The number of carbonyl (C=O) groups excluding carboxylic acids is 2. The SMILES string of the molecule is COCCNCCNC(=O)c1ccc(NC(N)=O)cc1.Cl. The van der Waals surface area contributed by atoms with Gasteiger partial charge in [0, 0.05) is 38.0 Å². The predicted molar refractivity (Wildman–Crippen MR) is 84.0 cm³/mol. The minimum absolute atomic E-state index is 0. The number of benzene rings is 1. The van der Waals surface area contributed by atoms with Crippen molar-refractivity contribution in [3.05, 3.63) is 29.8 Å². The van der Waals surface area contributed by atoms with Crippen LogP contribution in [0.3, 0.4) is 0 Å². The van der Waals surface area contributed by atoms with E-state index in [0.29, 0.717) is 30.9 Å². The molecular weight excluding hydrogens is 296 g/mol. The van der Waals surface area contributed by atoms with Gasteiger partial charge in [-0.1, -0.05) is 0 Å². The summed E-state index contributed by atoms with van der Waals surface area (Å²) in [4.78, 5) is 22.4. The molecule has 0 unspecified atom stereocenters. The lowest BCUT2D eigenvalue weighted by atomic mass is 10.2. The number of nitrogens with one attached hydrogen (secondary N) is 3. The summed E-state index contributed by atoms with van der Waals surface area (Å²) < 4.78 is 4.89. The normalized spacial score (nSPS) is 9.57. The zero-order valence-corrected chi connectivity index (χ0v) is 12.7. The first-order chi connectivity index (χ1) is 9.63. The number of ether oxygens (including phenoxy) is 1. The molecule has 3 amide bonds. The number of methoxy groups -OCH3 is 1. The largest absolute Gasteiger partial charge is 0.383 e. The fraction of sp³-hybridized carbons (Fsp3) is 0.385. The number of rotatable bonds is 8. The molecule has 21 heavy (non-hydrogen) atoms. The summed E-state index contributed by atoms with van der Waals surface area (Å²) in [5, 5.41) is 8.33. The van der Waals surface area contributed by atoms with E-state index < -0.39 is 6.03 Å². The van der Waals surface area contributed by atoms with Crippen molar-refractivity contribution in [2.45, 2.75) is 0 Å². The number of anilines is 1. The van der Waals surface area contributed by atoms with Crippen LogP contribution in [0, 0.1) is 0 Å². The molecule has 0 aliphatic heterocycles. The Kier molecular flexibility index (Phi) is 9.95. The Morgan fingerprint density at radius 2 is 1.81 bits per heavy atom. The Morgan fingerprint density at radius 1 is 1.14 bits per heavy atom. The van der Waals surface area contributed by atoms with Crippen LogP contribution in [0.2, 0.25) is 0 Å². The van der Waals surface area contributed by atoms with Gasteiger partial charge in [-0.15, -0.1) is 12.4 Å². The summed E-state index contributed by atoms with van der Waals surface area (Å²) >= 11 is 0. The van der Waals surface area contributed by atoms with E-state index in [1.165, 1.54) is 0 Å². The maximum Gasteiger partial charge on any atom is 0.316 e. The van der Waals surface area contributed by atoms with Crippen molar-refractivity contribution in [3.63, 3.8) is 0 Å². The van der Waals surface area contributed by atoms with E-state index in [0.717, 1.165) is 6.54 Å². The van der Waals surface area contributed by atoms with E-state index in [1.807, 2.05) is 0 Å². The summed E-state index contributed by atoms with van der Waals surface area (Å²) in [7, 11) is 1.64. The Morgan fingerprint density at radius 3 is 2.38 bits per heavy atom. The zero-order valence-electron chi connectivity index (χ0n) is 11.8. The summed E-state index contributed by atoms with van der Waals surface area (Å²) in [5.41, 5.74) is 6.07. The number of halogens is 1. The average Bonchev–Trinajstić information content (AvgIpc) is 2.42. The maximum atomic E-state index is 11.8. The molecule has 1 rings (SSSR count). The molecule has 1 aromatic rings. The molecule has 8 heteroatoms. The first kappa shape index (κ1) is 19.2. The summed E-state index contributed by atoms with van der Waals surface area (Å²) in [6.07, 6.45) is 0. The van der Waals surface area contributed by atoms with Gasteiger partial charge in [-0.25, -0.2) is 4.79 Å². The monoisotopic (exact) mass is 316 g/mol. The third kappa shape index (κ3) is 8.13. The smallest absolute Gasteiger partial charge is 0.316 e. The number of urea groups is 1. The van der Waals surface area contributed by atoms with Gasteiger partial charge in [0.15, 0.2) is 0 Å². The van der Waals surface area contributed by atoms with Crippen molar-refractivity contribution < 1.29 is 14.3 Å². The number of carbonyl (C=O) groups is 2. The van der Waals surface area contributed by atoms with Gasteiger partial charge in [0.1, 0.15) is 0 Å². The quantitative estimate of drug-likeness (QED) is 0.526. The summed E-state index contributed by atoms with van der Waals surface area (Å²) in [6, 6.07) is 5.86. The lowest BCUT2D eigenvalue weighted by molar-refractivity contribution is 0.0953. The van der Waals surface area contributed by atoms with Gasteiger partial charge in [-0.3, -0.25) is 4.79 Å². The summed E-state index contributed by atoms with van der Waals surface area (Å²) in [5.74, 6) is -0.163. The van der Waals surface area contributed by atoms with Crippen LogP contribution < -0.4 is 21.7 Å². The van der Waals surface area contributed by atoms with Crippen LogP contribution in [-0.2, 0) is 4.74 Å². The fourth-order valence-corrected chi connectivity index (χ4v) is 1.51. The molecule has 0 fully saturated rings.